The summed E-state index contributed by atoms with van der Waals surface area (Å²) in [6.45, 7) is 3.23. The van der Waals surface area contributed by atoms with Gasteiger partial charge in [0.1, 0.15) is 17.2 Å². The van der Waals surface area contributed by atoms with Gasteiger partial charge in [-0.25, -0.2) is 13.2 Å². The van der Waals surface area contributed by atoms with Crippen LogP contribution in [0.25, 0.3) is 0 Å². The van der Waals surface area contributed by atoms with E-state index in [1.54, 1.807) is 31.2 Å². The van der Waals surface area contributed by atoms with Gasteiger partial charge in [0.15, 0.2) is 22.5 Å². The van der Waals surface area contributed by atoms with Crippen LogP contribution in [-0.2, 0) is 24.2 Å². The lowest BCUT2D eigenvalue weighted by atomic mass is 10.2. The van der Waals surface area contributed by atoms with Crippen LogP contribution in [0.1, 0.15) is 20.3 Å². The molecule has 1 heterocycles. The number of rotatable bonds is 9. The van der Waals surface area contributed by atoms with Crippen molar-refractivity contribution < 1.29 is 32.2 Å². The number of hydrogen-bond donors (Lipinski definition) is 0. The Bertz CT molecular complexity index is 1020. The third-order valence-corrected chi connectivity index (χ3v) is 6.84. The van der Waals surface area contributed by atoms with Gasteiger partial charge < -0.3 is 19.1 Å². The van der Waals surface area contributed by atoms with E-state index in [1.165, 1.54) is 11.8 Å². The van der Waals surface area contributed by atoms with Gasteiger partial charge in [0.25, 0.3) is 5.91 Å². The first kappa shape index (κ1) is 23.6. The molecule has 3 rings (SSSR count). The Kier molecular flexibility index (Phi) is 7.74. The van der Waals surface area contributed by atoms with E-state index in [0.717, 1.165) is 0 Å². The predicted octanol–water partition coefficient (Wildman–Crippen LogP) is 2.83. The fraction of sp³-hybridized carbons (Fsp3) is 0.391. The van der Waals surface area contributed by atoms with E-state index in [9.17, 15) is 18.0 Å². The van der Waals surface area contributed by atoms with Gasteiger partial charge in [-0.1, -0.05) is 18.2 Å². The number of likely N-dealkylation sites (N-methyl/N-ethyl adjacent to an activating group) is 1. The molecule has 1 saturated heterocycles. The van der Waals surface area contributed by atoms with Crippen LogP contribution in [-0.4, -0.2) is 62.0 Å². The summed E-state index contributed by atoms with van der Waals surface area (Å²) in [6.07, 6.45) is -0.633. The Morgan fingerprint density at radius 1 is 1.03 bits per heavy atom. The Labute approximate surface area is 188 Å². The van der Waals surface area contributed by atoms with Crippen molar-refractivity contribution in [1.82, 2.24) is 4.90 Å². The lowest BCUT2D eigenvalue weighted by Gasteiger charge is -2.29. The number of carbonyl (C=O) groups excluding carboxylic acids is 2. The molecule has 2 aromatic rings. The Morgan fingerprint density at radius 2 is 1.66 bits per heavy atom. The maximum Gasteiger partial charge on any atom is 0.344 e. The molecule has 9 heteroatoms. The van der Waals surface area contributed by atoms with Crippen LogP contribution in [0.15, 0.2) is 54.6 Å². The first-order valence-electron chi connectivity index (χ1n) is 10.4. The highest BCUT2D eigenvalue weighted by Crippen LogP contribution is 2.23. The summed E-state index contributed by atoms with van der Waals surface area (Å²) >= 11 is 0. The van der Waals surface area contributed by atoms with Crippen LogP contribution < -0.4 is 9.47 Å². The van der Waals surface area contributed by atoms with Gasteiger partial charge in [0.2, 0.25) is 0 Å². The smallest absolute Gasteiger partial charge is 0.344 e. The summed E-state index contributed by atoms with van der Waals surface area (Å²) in [5.74, 6) is 0.696. The fourth-order valence-electron chi connectivity index (χ4n) is 3.50. The zero-order valence-electron chi connectivity index (χ0n) is 18.1. The standard InChI is InChI=1S/C23H27NO7S/c1-3-24(18-13-14-32(27,28)16-18)23(26)17(2)30-22(25)15-29-19-9-11-21(12-10-19)31-20-7-5-4-6-8-20/h4-12,17-18H,3,13-16H2,1-2H3. The van der Waals surface area contributed by atoms with E-state index in [1.807, 2.05) is 30.3 Å². The maximum absolute atomic E-state index is 12.7. The minimum absolute atomic E-state index is 0.0552. The number of sulfone groups is 1. The molecule has 2 unspecified atom stereocenters. The van der Waals surface area contributed by atoms with Crippen molar-refractivity contribution in [3.8, 4) is 17.2 Å². The predicted molar refractivity (Wildman–Crippen MR) is 118 cm³/mol. The van der Waals surface area contributed by atoms with Crippen molar-refractivity contribution in [2.75, 3.05) is 24.7 Å². The van der Waals surface area contributed by atoms with Crippen LogP contribution >= 0.6 is 0 Å². The number of hydrogen-bond acceptors (Lipinski definition) is 7. The Morgan fingerprint density at radius 3 is 2.25 bits per heavy atom. The fourth-order valence-corrected chi connectivity index (χ4v) is 5.23. The minimum Gasteiger partial charge on any atom is -0.482 e. The van der Waals surface area contributed by atoms with Gasteiger partial charge >= 0.3 is 5.97 Å². The number of carbonyl (C=O) groups is 2. The zero-order valence-corrected chi connectivity index (χ0v) is 18.9. The first-order chi connectivity index (χ1) is 15.3. The van der Waals surface area contributed by atoms with Crippen LogP contribution in [0.4, 0.5) is 0 Å². The molecule has 2 aromatic carbocycles. The van der Waals surface area contributed by atoms with Gasteiger partial charge in [0, 0.05) is 12.6 Å². The summed E-state index contributed by atoms with van der Waals surface area (Å²) in [5, 5.41) is 0. The van der Waals surface area contributed by atoms with Crippen molar-refractivity contribution in [2.24, 2.45) is 0 Å². The van der Waals surface area contributed by atoms with Crippen LogP contribution in [0, 0.1) is 0 Å². The molecule has 0 saturated carbocycles. The Balaban J connectivity index is 1.47. The number of benzene rings is 2. The quantitative estimate of drug-likeness (QED) is 0.530. The number of amides is 1. The molecule has 0 N–H and O–H groups in total. The largest absolute Gasteiger partial charge is 0.482 e. The van der Waals surface area contributed by atoms with Gasteiger partial charge in [0.05, 0.1) is 11.5 Å². The molecule has 0 spiro atoms. The van der Waals surface area contributed by atoms with Gasteiger partial charge in [-0.3, -0.25) is 4.79 Å². The molecule has 1 amide bonds. The average Bonchev–Trinajstić information content (AvgIpc) is 3.13. The van der Waals surface area contributed by atoms with E-state index in [2.05, 4.69) is 0 Å². The van der Waals surface area contributed by atoms with Gasteiger partial charge in [-0.2, -0.15) is 0 Å². The summed E-state index contributed by atoms with van der Waals surface area (Å²) in [5.41, 5.74) is 0. The summed E-state index contributed by atoms with van der Waals surface area (Å²) in [7, 11) is -3.12. The molecule has 1 aliphatic rings. The number of para-hydroxylation sites is 1. The summed E-state index contributed by atoms with van der Waals surface area (Å²) in [6, 6.07) is 15.7. The number of nitrogens with zero attached hydrogens (tertiary/aromatic N) is 1. The highest BCUT2D eigenvalue weighted by molar-refractivity contribution is 7.91. The first-order valence-corrected chi connectivity index (χ1v) is 12.3. The second kappa shape index (κ2) is 10.5. The van der Waals surface area contributed by atoms with Crippen LogP contribution in [0.5, 0.6) is 17.2 Å². The lowest BCUT2D eigenvalue weighted by Crippen LogP contribution is -2.46. The molecule has 1 aliphatic heterocycles. The van der Waals surface area contributed by atoms with E-state index >= 15 is 0 Å². The van der Waals surface area contributed by atoms with E-state index in [4.69, 9.17) is 14.2 Å². The van der Waals surface area contributed by atoms with E-state index in [0.29, 0.717) is 30.2 Å². The molecule has 0 radical (unpaired) electrons. The highest BCUT2D eigenvalue weighted by atomic mass is 32.2. The minimum atomic E-state index is -3.12. The number of esters is 1. The van der Waals surface area contributed by atoms with Crippen molar-refractivity contribution >= 4 is 21.7 Å². The molecule has 0 aromatic heterocycles. The zero-order chi connectivity index (χ0) is 23.1. The van der Waals surface area contributed by atoms with Crippen LogP contribution in [0.2, 0.25) is 0 Å². The van der Waals surface area contributed by atoms with E-state index < -0.39 is 27.8 Å². The average molecular weight is 462 g/mol. The SMILES string of the molecule is CCN(C(=O)C(C)OC(=O)COc1ccc(Oc2ccccc2)cc1)C1CCS(=O)(=O)C1. The summed E-state index contributed by atoms with van der Waals surface area (Å²) in [4.78, 5) is 26.3. The molecular weight excluding hydrogens is 434 g/mol. The van der Waals surface area contributed by atoms with Crippen molar-refractivity contribution in [1.29, 1.82) is 0 Å². The van der Waals surface area contributed by atoms with Gasteiger partial charge in [-0.15, -0.1) is 0 Å². The normalized spacial score (nSPS) is 17.9. The van der Waals surface area contributed by atoms with Crippen molar-refractivity contribution in [2.45, 2.75) is 32.4 Å². The van der Waals surface area contributed by atoms with E-state index in [-0.39, 0.29) is 24.2 Å². The third kappa shape index (κ3) is 6.46. The number of ether oxygens (including phenoxy) is 3. The lowest BCUT2D eigenvalue weighted by molar-refractivity contribution is -0.161. The van der Waals surface area contributed by atoms with Crippen LogP contribution in [0.3, 0.4) is 0 Å². The second-order valence-electron chi connectivity index (χ2n) is 7.49. The highest BCUT2D eigenvalue weighted by Gasteiger charge is 2.36. The third-order valence-electron chi connectivity index (χ3n) is 5.09. The Hall–Kier alpha value is -3.07. The topological polar surface area (TPSA) is 99.2 Å². The van der Waals surface area contributed by atoms with Crippen molar-refractivity contribution in [3.05, 3.63) is 54.6 Å². The second-order valence-corrected chi connectivity index (χ2v) is 9.72. The molecule has 0 aliphatic carbocycles. The monoisotopic (exact) mass is 461 g/mol. The molecule has 2 atom stereocenters. The molecule has 32 heavy (non-hydrogen) atoms. The molecule has 172 valence electrons. The maximum atomic E-state index is 12.7. The molecular formula is C23H27NO7S. The summed E-state index contributed by atoms with van der Waals surface area (Å²) < 4.78 is 39.8. The molecule has 0 bridgehead atoms. The molecule has 1 fully saturated rings. The van der Waals surface area contributed by atoms with Gasteiger partial charge in [-0.05, 0) is 56.7 Å². The van der Waals surface area contributed by atoms with Crippen molar-refractivity contribution in [3.63, 3.8) is 0 Å². The molecule has 8 nitrogen and oxygen atoms in total.